The first kappa shape index (κ1) is 19.5. The summed E-state index contributed by atoms with van der Waals surface area (Å²) in [6.45, 7) is 3.58. The third kappa shape index (κ3) is 3.59. The highest BCUT2D eigenvalue weighted by Gasteiger charge is 2.43. The van der Waals surface area contributed by atoms with E-state index in [0.29, 0.717) is 19.8 Å². The molecule has 0 aromatic heterocycles. The van der Waals surface area contributed by atoms with E-state index in [2.05, 4.69) is 24.1 Å². The van der Waals surface area contributed by atoms with E-state index in [1.54, 1.807) is 12.1 Å². The summed E-state index contributed by atoms with van der Waals surface area (Å²) in [7, 11) is 2.11. The van der Waals surface area contributed by atoms with Crippen molar-refractivity contribution in [3.8, 4) is 0 Å². The van der Waals surface area contributed by atoms with Crippen LogP contribution in [0, 0.1) is 17.7 Å². The third-order valence-electron chi connectivity index (χ3n) is 6.63. The lowest BCUT2D eigenvalue weighted by Gasteiger charge is -2.46. The molecule has 6 heteroatoms. The Morgan fingerprint density at radius 3 is 2.50 bits per heavy atom. The predicted molar refractivity (Wildman–Crippen MR) is 111 cm³/mol. The number of carbonyl (C=O) groups excluding carboxylic acids is 1. The summed E-state index contributed by atoms with van der Waals surface area (Å²) in [5.41, 5.74) is 3.20. The standard InChI is InChI=1S/C24H27FN2O3/c1-26-12-18-14-29-15-19(13-26)23(18)30-24(28)27-11-10-16-4-2-3-5-21(16)22(27)17-6-8-20(25)9-7-17/h2-9,18-19,22-23H,10-15H2,1H3/t18-,19?,22+,23?/m1/s1. The van der Waals surface area contributed by atoms with E-state index in [1.807, 2.05) is 17.0 Å². The number of piperidine rings is 1. The fourth-order valence-electron chi connectivity index (χ4n) is 5.28. The van der Waals surface area contributed by atoms with Crippen LogP contribution < -0.4 is 0 Å². The number of halogens is 1. The molecule has 158 valence electrons. The van der Waals surface area contributed by atoms with Crippen LogP contribution in [0.1, 0.15) is 22.7 Å². The Balaban J connectivity index is 1.43. The van der Waals surface area contributed by atoms with Gasteiger partial charge < -0.3 is 14.4 Å². The monoisotopic (exact) mass is 410 g/mol. The Labute approximate surface area is 176 Å². The summed E-state index contributed by atoms with van der Waals surface area (Å²) in [5, 5.41) is 0. The Bertz CT molecular complexity index is 905. The summed E-state index contributed by atoms with van der Waals surface area (Å²) >= 11 is 0. The van der Waals surface area contributed by atoms with E-state index in [9.17, 15) is 9.18 Å². The second-order valence-electron chi connectivity index (χ2n) is 8.72. The zero-order valence-corrected chi connectivity index (χ0v) is 17.2. The number of hydrogen-bond acceptors (Lipinski definition) is 4. The lowest BCUT2D eigenvalue weighted by molar-refractivity contribution is -0.127. The van der Waals surface area contributed by atoms with Gasteiger partial charge in [0.05, 0.1) is 19.3 Å². The molecule has 2 unspecified atom stereocenters. The van der Waals surface area contributed by atoms with Crippen LogP contribution >= 0.6 is 0 Å². The second kappa shape index (κ2) is 8.00. The van der Waals surface area contributed by atoms with Crippen molar-refractivity contribution in [3.63, 3.8) is 0 Å². The Morgan fingerprint density at radius 2 is 1.77 bits per heavy atom. The van der Waals surface area contributed by atoms with Crippen molar-refractivity contribution < 1.29 is 18.7 Å². The highest BCUT2D eigenvalue weighted by molar-refractivity contribution is 5.70. The summed E-state index contributed by atoms with van der Waals surface area (Å²) in [6.07, 6.45) is 0.380. The SMILES string of the molecule is CN1CC2COC[C@@H](C1)C2OC(=O)N1CCc2ccccc2[C@@H]1c1ccc(F)cc1. The van der Waals surface area contributed by atoms with E-state index in [0.717, 1.165) is 30.6 Å². The van der Waals surface area contributed by atoms with Gasteiger partial charge in [0.2, 0.25) is 0 Å². The van der Waals surface area contributed by atoms with Gasteiger partial charge in [-0.25, -0.2) is 9.18 Å². The van der Waals surface area contributed by atoms with Crippen molar-refractivity contribution in [2.45, 2.75) is 18.6 Å². The van der Waals surface area contributed by atoms with Crippen LogP contribution in [0.25, 0.3) is 0 Å². The highest BCUT2D eigenvalue weighted by atomic mass is 19.1. The molecule has 0 radical (unpaired) electrons. The van der Waals surface area contributed by atoms with Crippen molar-refractivity contribution in [1.29, 1.82) is 0 Å². The van der Waals surface area contributed by atoms with E-state index in [4.69, 9.17) is 9.47 Å². The molecular formula is C24H27FN2O3. The Hall–Kier alpha value is -2.44. The smallest absolute Gasteiger partial charge is 0.410 e. The molecule has 2 aromatic carbocycles. The molecular weight excluding hydrogens is 383 g/mol. The van der Waals surface area contributed by atoms with Gasteiger partial charge in [0.15, 0.2) is 0 Å². The van der Waals surface area contributed by atoms with E-state index in [1.165, 1.54) is 17.7 Å². The zero-order valence-electron chi connectivity index (χ0n) is 17.2. The molecule has 5 rings (SSSR count). The molecule has 0 saturated carbocycles. The highest BCUT2D eigenvalue weighted by Crippen LogP contribution is 2.37. The van der Waals surface area contributed by atoms with Gasteiger partial charge in [0.25, 0.3) is 0 Å². The molecule has 3 heterocycles. The average Bonchev–Trinajstić information content (AvgIpc) is 2.74. The fraction of sp³-hybridized carbons (Fsp3) is 0.458. The number of rotatable bonds is 2. The lowest BCUT2D eigenvalue weighted by Crippen LogP contribution is -2.56. The molecule has 0 N–H and O–H groups in total. The zero-order chi connectivity index (χ0) is 20.7. The van der Waals surface area contributed by atoms with Crippen LogP contribution in [0.4, 0.5) is 9.18 Å². The van der Waals surface area contributed by atoms with Crippen molar-refractivity contribution in [2.24, 2.45) is 11.8 Å². The number of hydrogen-bond donors (Lipinski definition) is 0. The second-order valence-corrected chi connectivity index (χ2v) is 8.72. The number of likely N-dealkylation sites (tertiary alicyclic amines) is 1. The van der Waals surface area contributed by atoms with Gasteiger partial charge in [0, 0.05) is 31.5 Å². The summed E-state index contributed by atoms with van der Waals surface area (Å²) in [5.74, 6) is 0.122. The van der Waals surface area contributed by atoms with Crippen LogP contribution in [0.3, 0.4) is 0 Å². The molecule has 5 nitrogen and oxygen atoms in total. The van der Waals surface area contributed by atoms with Crippen molar-refractivity contribution in [1.82, 2.24) is 9.80 Å². The molecule has 0 spiro atoms. The molecule has 2 bridgehead atoms. The lowest BCUT2D eigenvalue weighted by atomic mass is 9.85. The van der Waals surface area contributed by atoms with Crippen molar-refractivity contribution in [3.05, 3.63) is 71.0 Å². The van der Waals surface area contributed by atoms with Crippen LogP contribution in [-0.2, 0) is 15.9 Å². The number of amides is 1. The minimum atomic E-state index is -0.287. The summed E-state index contributed by atoms with van der Waals surface area (Å²) in [6, 6.07) is 14.3. The van der Waals surface area contributed by atoms with E-state index >= 15 is 0 Å². The molecule has 1 amide bonds. The fourth-order valence-corrected chi connectivity index (χ4v) is 5.28. The molecule has 3 aliphatic rings. The first-order valence-electron chi connectivity index (χ1n) is 10.7. The molecule has 2 aromatic rings. The number of carbonyl (C=O) groups is 1. The van der Waals surface area contributed by atoms with Gasteiger partial charge in [-0.2, -0.15) is 0 Å². The van der Waals surface area contributed by atoms with Crippen LogP contribution in [-0.4, -0.2) is 61.9 Å². The van der Waals surface area contributed by atoms with Crippen LogP contribution in [0.15, 0.2) is 48.5 Å². The Morgan fingerprint density at radius 1 is 1.07 bits per heavy atom. The third-order valence-corrected chi connectivity index (χ3v) is 6.63. The first-order chi connectivity index (χ1) is 14.6. The van der Waals surface area contributed by atoms with Crippen molar-refractivity contribution >= 4 is 6.09 Å². The summed E-state index contributed by atoms with van der Waals surface area (Å²) in [4.78, 5) is 17.5. The maximum Gasteiger partial charge on any atom is 0.410 e. The average molecular weight is 410 g/mol. The van der Waals surface area contributed by atoms with Crippen molar-refractivity contribution in [2.75, 3.05) is 39.9 Å². The minimum absolute atomic E-state index is 0.117. The number of nitrogens with zero attached hydrogens (tertiary/aromatic N) is 2. The molecule has 0 aliphatic carbocycles. The van der Waals surface area contributed by atoms with Gasteiger partial charge in [0.1, 0.15) is 11.9 Å². The predicted octanol–water partition coefficient (Wildman–Crippen LogP) is 3.49. The molecule has 2 fully saturated rings. The maximum absolute atomic E-state index is 13.6. The van der Waals surface area contributed by atoms with Gasteiger partial charge in [-0.05, 0) is 42.3 Å². The molecule has 4 atom stereocenters. The first-order valence-corrected chi connectivity index (χ1v) is 10.7. The maximum atomic E-state index is 13.6. The Kier molecular flexibility index (Phi) is 5.21. The van der Waals surface area contributed by atoms with Crippen LogP contribution in [0.2, 0.25) is 0 Å². The summed E-state index contributed by atoms with van der Waals surface area (Å²) < 4.78 is 25.4. The van der Waals surface area contributed by atoms with Gasteiger partial charge in [-0.1, -0.05) is 36.4 Å². The minimum Gasteiger partial charge on any atom is -0.445 e. The van der Waals surface area contributed by atoms with Gasteiger partial charge in [-0.15, -0.1) is 0 Å². The van der Waals surface area contributed by atoms with E-state index < -0.39 is 0 Å². The van der Waals surface area contributed by atoms with Crippen LogP contribution in [0.5, 0.6) is 0 Å². The largest absolute Gasteiger partial charge is 0.445 e. The topological polar surface area (TPSA) is 42.0 Å². The number of ether oxygens (including phenoxy) is 2. The molecule has 2 saturated heterocycles. The number of benzene rings is 2. The van der Waals surface area contributed by atoms with E-state index in [-0.39, 0.29) is 35.9 Å². The number of fused-ring (bicyclic) bond motifs is 3. The normalized spacial score (nSPS) is 28.7. The molecule has 3 aliphatic heterocycles. The van der Waals surface area contributed by atoms with Gasteiger partial charge >= 0.3 is 6.09 Å². The molecule has 30 heavy (non-hydrogen) atoms. The van der Waals surface area contributed by atoms with Gasteiger partial charge in [-0.3, -0.25) is 4.90 Å². The quantitative estimate of drug-likeness (QED) is 0.760.